The molecule has 0 amide bonds. The van der Waals surface area contributed by atoms with Crippen molar-refractivity contribution in [3.63, 3.8) is 0 Å². The van der Waals surface area contributed by atoms with Crippen molar-refractivity contribution in [2.24, 2.45) is 23.0 Å². The van der Waals surface area contributed by atoms with Gasteiger partial charge in [0.15, 0.2) is 0 Å². The van der Waals surface area contributed by atoms with Crippen LogP contribution in [0.4, 0.5) is 0 Å². The van der Waals surface area contributed by atoms with Crippen LogP contribution in [0.5, 0.6) is 0 Å². The van der Waals surface area contributed by atoms with Crippen molar-refractivity contribution in [3.05, 3.63) is 0 Å². The number of hydrogen-bond donors (Lipinski definition) is 2. The monoisotopic (exact) mass is 253 g/mol. The first-order valence-corrected chi connectivity index (χ1v) is 7.95. The smallest absolute Gasteiger partial charge is 0.0718 e. The predicted octanol–water partition coefficient (Wildman–Crippen LogP) is 3.47. The van der Waals surface area contributed by atoms with Gasteiger partial charge in [0, 0.05) is 12.0 Å². The van der Waals surface area contributed by atoms with Gasteiger partial charge in [-0.2, -0.15) is 0 Å². The Hall–Kier alpha value is -0.0800. The Morgan fingerprint density at radius 2 is 1.61 bits per heavy atom. The van der Waals surface area contributed by atoms with Gasteiger partial charge in [0.2, 0.25) is 0 Å². The molecule has 2 rings (SSSR count). The Kier molecular flexibility index (Phi) is 4.38. The van der Waals surface area contributed by atoms with Crippen molar-refractivity contribution in [2.75, 3.05) is 6.54 Å². The fraction of sp³-hybridized carbons (Fsp3) is 1.00. The fourth-order valence-electron chi connectivity index (χ4n) is 4.33. The Morgan fingerprint density at radius 1 is 1.00 bits per heavy atom. The highest BCUT2D eigenvalue weighted by Gasteiger charge is 2.51. The summed E-state index contributed by atoms with van der Waals surface area (Å²) in [4.78, 5) is 0. The molecule has 0 aliphatic heterocycles. The highest BCUT2D eigenvalue weighted by atomic mass is 16.3. The molecule has 0 aromatic rings. The molecule has 2 aliphatic carbocycles. The summed E-state index contributed by atoms with van der Waals surface area (Å²) >= 11 is 0. The maximum absolute atomic E-state index is 11.3. The maximum Gasteiger partial charge on any atom is 0.0718 e. The molecule has 3 unspecified atom stereocenters. The van der Waals surface area contributed by atoms with Gasteiger partial charge >= 0.3 is 0 Å². The molecule has 3 N–H and O–H groups in total. The van der Waals surface area contributed by atoms with Gasteiger partial charge in [-0.05, 0) is 43.9 Å². The summed E-state index contributed by atoms with van der Waals surface area (Å²) in [6.07, 6.45) is 10.5. The van der Waals surface area contributed by atoms with Crippen molar-refractivity contribution >= 4 is 0 Å². The summed E-state index contributed by atoms with van der Waals surface area (Å²) < 4.78 is 0. The summed E-state index contributed by atoms with van der Waals surface area (Å²) in [5.74, 6) is 1.39. The lowest BCUT2D eigenvalue weighted by Crippen LogP contribution is -2.55. The largest absolute Gasteiger partial charge is 0.389 e. The third-order valence-electron chi connectivity index (χ3n) is 6.08. The molecule has 2 saturated carbocycles. The second kappa shape index (κ2) is 5.50. The molecule has 2 heteroatoms. The molecular formula is C16H31NO. The Bertz CT molecular complexity index is 270. The molecule has 0 heterocycles. The van der Waals surface area contributed by atoms with E-state index in [0.717, 1.165) is 31.6 Å². The normalized spacial score (nSPS) is 41.3. The van der Waals surface area contributed by atoms with Crippen LogP contribution in [0.3, 0.4) is 0 Å². The van der Waals surface area contributed by atoms with E-state index in [1.807, 2.05) is 0 Å². The van der Waals surface area contributed by atoms with Crippen LogP contribution in [-0.2, 0) is 0 Å². The van der Waals surface area contributed by atoms with Crippen LogP contribution in [-0.4, -0.2) is 17.3 Å². The summed E-state index contributed by atoms with van der Waals surface area (Å²) in [5, 5.41) is 11.3. The fourth-order valence-corrected chi connectivity index (χ4v) is 4.33. The maximum atomic E-state index is 11.3. The molecule has 18 heavy (non-hydrogen) atoms. The van der Waals surface area contributed by atoms with E-state index in [-0.39, 0.29) is 5.41 Å². The van der Waals surface area contributed by atoms with Gasteiger partial charge in [0.1, 0.15) is 0 Å². The molecule has 0 saturated heterocycles. The molecule has 0 radical (unpaired) electrons. The van der Waals surface area contributed by atoms with E-state index in [1.54, 1.807) is 0 Å². The molecule has 0 aromatic heterocycles. The quantitative estimate of drug-likeness (QED) is 0.740. The highest BCUT2D eigenvalue weighted by molar-refractivity contribution is 5.03. The molecule has 106 valence electrons. The summed E-state index contributed by atoms with van der Waals surface area (Å²) in [6, 6.07) is 0. The van der Waals surface area contributed by atoms with Crippen LogP contribution >= 0.6 is 0 Å². The average Bonchev–Trinajstić information content (AvgIpc) is 2.61. The number of hydrogen-bond acceptors (Lipinski definition) is 2. The summed E-state index contributed by atoms with van der Waals surface area (Å²) in [6.45, 7) is 5.30. The van der Waals surface area contributed by atoms with Gasteiger partial charge in [0.25, 0.3) is 0 Å². The van der Waals surface area contributed by atoms with Gasteiger partial charge in [0.05, 0.1) is 5.60 Å². The highest BCUT2D eigenvalue weighted by Crippen LogP contribution is 2.51. The second-order valence-corrected chi connectivity index (χ2v) is 7.13. The zero-order valence-corrected chi connectivity index (χ0v) is 12.3. The van der Waals surface area contributed by atoms with E-state index >= 15 is 0 Å². The van der Waals surface area contributed by atoms with Crippen LogP contribution < -0.4 is 5.73 Å². The standard InChI is InChI=1S/C16H31NO/c1-13-7-10-16(18,11-14(13)2)15(12-17)8-5-3-4-6-9-15/h13-14,18H,3-12,17H2,1-2H3. The minimum atomic E-state index is -0.488. The first-order chi connectivity index (χ1) is 8.53. The van der Waals surface area contributed by atoms with E-state index in [4.69, 9.17) is 5.73 Å². The number of nitrogens with two attached hydrogens (primary N) is 1. The molecule has 0 aromatic carbocycles. The zero-order valence-electron chi connectivity index (χ0n) is 12.3. The van der Waals surface area contributed by atoms with Crippen molar-refractivity contribution in [1.29, 1.82) is 0 Å². The van der Waals surface area contributed by atoms with Crippen LogP contribution in [0.25, 0.3) is 0 Å². The first-order valence-electron chi connectivity index (χ1n) is 7.95. The van der Waals surface area contributed by atoms with E-state index in [1.165, 1.54) is 32.1 Å². The van der Waals surface area contributed by atoms with Crippen molar-refractivity contribution in [1.82, 2.24) is 0 Å². The molecule has 3 atom stereocenters. The van der Waals surface area contributed by atoms with Crippen LogP contribution in [0, 0.1) is 17.3 Å². The topological polar surface area (TPSA) is 46.2 Å². The average molecular weight is 253 g/mol. The second-order valence-electron chi connectivity index (χ2n) is 7.13. The Balaban J connectivity index is 2.19. The lowest BCUT2D eigenvalue weighted by molar-refractivity contribution is -0.131. The van der Waals surface area contributed by atoms with Gasteiger partial charge in [-0.25, -0.2) is 0 Å². The van der Waals surface area contributed by atoms with Crippen LogP contribution in [0.1, 0.15) is 71.6 Å². The molecular weight excluding hydrogens is 222 g/mol. The minimum absolute atomic E-state index is 0.0118. The molecule has 0 spiro atoms. The first kappa shape index (κ1) is 14.3. The Labute approximate surface area is 112 Å². The predicted molar refractivity (Wildman–Crippen MR) is 76.3 cm³/mol. The molecule has 2 nitrogen and oxygen atoms in total. The molecule has 2 fully saturated rings. The third-order valence-corrected chi connectivity index (χ3v) is 6.08. The van der Waals surface area contributed by atoms with Gasteiger partial charge in [-0.3, -0.25) is 0 Å². The van der Waals surface area contributed by atoms with E-state index in [2.05, 4.69) is 13.8 Å². The number of aliphatic hydroxyl groups is 1. The van der Waals surface area contributed by atoms with Crippen molar-refractivity contribution in [2.45, 2.75) is 77.2 Å². The Morgan fingerprint density at radius 3 is 2.11 bits per heavy atom. The summed E-state index contributed by atoms with van der Waals surface area (Å²) in [7, 11) is 0. The molecule has 0 bridgehead atoms. The lowest BCUT2D eigenvalue weighted by Gasteiger charge is -2.52. The SMILES string of the molecule is CC1CCC(O)(C2(CN)CCCCCC2)CC1C. The van der Waals surface area contributed by atoms with E-state index < -0.39 is 5.60 Å². The van der Waals surface area contributed by atoms with Gasteiger partial charge < -0.3 is 10.8 Å². The van der Waals surface area contributed by atoms with Crippen LogP contribution in [0.2, 0.25) is 0 Å². The van der Waals surface area contributed by atoms with E-state index in [0.29, 0.717) is 12.5 Å². The van der Waals surface area contributed by atoms with Crippen LogP contribution in [0.15, 0.2) is 0 Å². The summed E-state index contributed by atoms with van der Waals surface area (Å²) in [5.41, 5.74) is 5.67. The molecule has 2 aliphatic rings. The van der Waals surface area contributed by atoms with E-state index in [9.17, 15) is 5.11 Å². The van der Waals surface area contributed by atoms with Crippen molar-refractivity contribution < 1.29 is 5.11 Å². The van der Waals surface area contributed by atoms with Crippen molar-refractivity contribution in [3.8, 4) is 0 Å². The lowest BCUT2D eigenvalue weighted by atomic mass is 9.58. The minimum Gasteiger partial charge on any atom is -0.389 e. The van der Waals surface area contributed by atoms with Gasteiger partial charge in [-0.1, -0.05) is 39.5 Å². The number of rotatable bonds is 2. The third kappa shape index (κ3) is 2.46. The zero-order chi connectivity index (χ0) is 13.2. The van der Waals surface area contributed by atoms with Gasteiger partial charge in [-0.15, -0.1) is 0 Å².